The first-order valence-corrected chi connectivity index (χ1v) is 7.63. The Morgan fingerprint density at radius 2 is 1.90 bits per heavy atom. The summed E-state index contributed by atoms with van der Waals surface area (Å²) in [7, 11) is 0. The number of rotatable bonds is 5. The molecule has 0 unspecified atom stereocenters. The molecule has 0 saturated carbocycles. The number of amides is 1. The second-order valence-corrected chi connectivity index (χ2v) is 5.40. The van der Waals surface area contributed by atoms with Crippen molar-refractivity contribution in [2.75, 3.05) is 5.32 Å². The molecular weight excluding hydrogens is 258 g/mol. The van der Waals surface area contributed by atoms with E-state index in [2.05, 4.69) is 38.2 Å². The van der Waals surface area contributed by atoms with E-state index in [1.54, 1.807) is 0 Å². The van der Waals surface area contributed by atoms with Crippen molar-refractivity contribution in [2.45, 2.75) is 40.0 Å². The molecule has 110 valence electrons. The van der Waals surface area contributed by atoms with Gasteiger partial charge in [-0.2, -0.15) is 0 Å². The lowest BCUT2D eigenvalue weighted by atomic mass is 10.0. The Hall–Kier alpha value is -2.09. The molecular formula is C19H23NO. The third-order valence-corrected chi connectivity index (χ3v) is 3.71. The molecule has 0 atom stereocenters. The minimum atomic E-state index is -0.0448. The van der Waals surface area contributed by atoms with E-state index < -0.39 is 0 Å². The van der Waals surface area contributed by atoms with Gasteiger partial charge in [-0.25, -0.2) is 0 Å². The first-order chi connectivity index (χ1) is 10.1. The van der Waals surface area contributed by atoms with Crippen LogP contribution in [0.1, 0.15) is 47.3 Å². The van der Waals surface area contributed by atoms with Crippen molar-refractivity contribution in [1.29, 1.82) is 0 Å². The van der Waals surface area contributed by atoms with Crippen molar-refractivity contribution in [3.05, 3.63) is 64.7 Å². The van der Waals surface area contributed by atoms with Gasteiger partial charge in [0, 0.05) is 11.3 Å². The van der Waals surface area contributed by atoms with Crippen LogP contribution in [0.2, 0.25) is 0 Å². The molecule has 0 aromatic heterocycles. The first kappa shape index (κ1) is 15.3. The molecule has 1 amide bonds. The fourth-order valence-electron chi connectivity index (χ4n) is 2.53. The second-order valence-electron chi connectivity index (χ2n) is 5.40. The highest BCUT2D eigenvalue weighted by Gasteiger charge is 2.07. The van der Waals surface area contributed by atoms with Crippen molar-refractivity contribution in [1.82, 2.24) is 0 Å². The van der Waals surface area contributed by atoms with E-state index in [0.29, 0.717) is 0 Å². The van der Waals surface area contributed by atoms with Crippen LogP contribution < -0.4 is 5.32 Å². The standard InChI is InChI=1S/C19H23NO/c1-4-7-15-8-6-9-17(13-15)19(21)20-18-11-10-16(5-2)14(3)12-18/h6,8-13H,4-5,7H2,1-3H3,(H,20,21). The van der Waals surface area contributed by atoms with Gasteiger partial charge in [-0.15, -0.1) is 0 Å². The largest absolute Gasteiger partial charge is 0.322 e. The third kappa shape index (κ3) is 3.94. The highest BCUT2D eigenvalue weighted by molar-refractivity contribution is 6.04. The van der Waals surface area contributed by atoms with Crippen LogP contribution in [0.25, 0.3) is 0 Å². The zero-order valence-corrected chi connectivity index (χ0v) is 13.1. The second kappa shape index (κ2) is 7.07. The molecule has 0 heterocycles. The Balaban J connectivity index is 2.14. The summed E-state index contributed by atoms with van der Waals surface area (Å²) in [5, 5.41) is 2.98. The number of hydrogen-bond acceptors (Lipinski definition) is 1. The van der Waals surface area contributed by atoms with Crippen LogP contribution in [0.15, 0.2) is 42.5 Å². The molecule has 2 rings (SSSR count). The van der Waals surface area contributed by atoms with Gasteiger partial charge in [-0.05, 0) is 60.7 Å². The van der Waals surface area contributed by atoms with Gasteiger partial charge in [0.05, 0.1) is 0 Å². The zero-order valence-electron chi connectivity index (χ0n) is 13.1. The van der Waals surface area contributed by atoms with Crippen LogP contribution in [0, 0.1) is 6.92 Å². The average Bonchev–Trinajstić information content (AvgIpc) is 2.48. The van der Waals surface area contributed by atoms with Crippen molar-refractivity contribution < 1.29 is 4.79 Å². The summed E-state index contributed by atoms with van der Waals surface area (Å²) in [6, 6.07) is 13.9. The first-order valence-electron chi connectivity index (χ1n) is 7.63. The smallest absolute Gasteiger partial charge is 0.255 e. The summed E-state index contributed by atoms with van der Waals surface area (Å²) in [5.41, 5.74) is 5.32. The maximum Gasteiger partial charge on any atom is 0.255 e. The van der Waals surface area contributed by atoms with E-state index >= 15 is 0 Å². The van der Waals surface area contributed by atoms with Crippen LogP contribution in [-0.4, -0.2) is 5.91 Å². The summed E-state index contributed by atoms with van der Waals surface area (Å²) < 4.78 is 0. The van der Waals surface area contributed by atoms with Gasteiger partial charge in [0.2, 0.25) is 0 Å². The van der Waals surface area contributed by atoms with Gasteiger partial charge in [0.15, 0.2) is 0 Å². The van der Waals surface area contributed by atoms with Crippen LogP contribution >= 0.6 is 0 Å². The Kier molecular flexibility index (Phi) is 5.15. The number of hydrogen-bond donors (Lipinski definition) is 1. The molecule has 0 aliphatic carbocycles. The predicted octanol–water partition coefficient (Wildman–Crippen LogP) is 4.76. The summed E-state index contributed by atoms with van der Waals surface area (Å²) in [6.07, 6.45) is 3.10. The molecule has 0 fully saturated rings. The van der Waals surface area contributed by atoms with E-state index in [0.717, 1.165) is 30.5 Å². The molecule has 1 N–H and O–H groups in total. The van der Waals surface area contributed by atoms with Crippen molar-refractivity contribution >= 4 is 11.6 Å². The molecule has 0 radical (unpaired) electrons. The maximum absolute atomic E-state index is 12.3. The Morgan fingerprint density at radius 1 is 1.10 bits per heavy atom. The molecule has 2 aromatic carbocycles. The molecule has 0 aliphatic heterocycles. The van der Waals surface area contributed by atoms with Gasteiger partial charge in [-0.3, -0.25) is 4.79 Å². The topological polar surface area (TPSA) is 29.1 Å². The highest BCUT2D eigenvalue weighted by atomic mass is 16.1. The molecule has 0 saturated heterocycles. The number of carbonyl (C=O) groups excluding carboxylic acids is 1. The number of benzene rings is 2. The molecule has 2 heteroatoms. The van der Waals surface area contributed by atoms with E-state index in [-0.39, 0.29) is 5.91 Å². The highest BCUT2D eigenvalue weighted by Crippen LogP contribution is 2.17. The van der Waals surface area contributed by atoms with E-state index in [4.69, 9.17) is 0 Å². The van der Waals surface area contributed by atoms with Crippen LogP contribution in [0.4, 0.5) is 5.69 Å². The van der Waals surface area contributed by atoms with Crippen molar-refractivity contribution in [3.63, 3.8) is 0 Å². The Bertz CT molecular complexity index is 631. The zero-order chi connectivity index (χ0) is 15.2. The normalized spacial score (nSPS) is 10.4. The minimum absolute atomic E-state index is 0.0448. The van der Waals surface area contributed by atoms with Gasteiger partial charge in [0.25, 0.3) is 5.91 Å². The fourth-order valence-corrected chi connectivity index (χ4v) is 2.53. The number of nitrogens with one attached hydrogen (secondary N) is 1. The lowest BCUT2D eigenvalue weighted by Gasteiger charge is -2.09. The van der Waals surface area contributed by atoms with Crippen molar-refractivity contribution in [3.8, 4) is 0 Å². The minimum Gasteiger partial charge on any atom is -0.322 e. The van der Waals surface area contributed by atoms with Gasteiger partial charge in [0.1, 0.15) is 0 Å². The lowest BCUT2D eigenvalue weighted by Crippen LogP contribution is -2.12. The Morgan fingerprint density at radius 3 is 2.57 bits per heavy atom. The van der Waals surface area contributed by atoms with Crippen LogP contribution in [0.5, 0.6) is 0 Å². The van der Waals surface area contributed by atoms with E-state index in [9.17, 15) is 4.79 Å². The maximum atomic E-state index is 12.3. The average molecular weight is 281 g/mol. The molecule has 21 heavy (non-hydrogen) atoms. The Labute approximate surface area is 127 Å². The van der Waals surface area contributed by atoms with Crippen LogP contribution in [-0.2, 0) is 12.8 Å². The monoisotopic (exact) mass is 281 g/mol. The number of carbonyl (C=O) groups is 1. The van der Waals surface area contributed by atoms with E-state index in [1.165, 1.54) is 16.7 Å². The summed E-state index contributed by atoms with van der Waals surface area (Å²) in [5.74, 6) is -0.0448. The van der Waals surface area contributed by atoms with Gasteiger partial charge < -0.3 is 5.32 Å². The summed E-state index contributed by atoms with van der Waals surface area (Å²) >= 11 is 0. The number of anilines is 1. The van der Waals surface area contributed by atoms with Crippen molar-refractivity contribution in [2.24, 2.45) is 0 Å². The lowest BCUT2D eigenvalue weighted by molar-refractivity contribution is 0.102. The van der Waals surface area contributed by atoms with E-state index in [1.807, 2.05) is 30.3 Å². The fraction of sp³-hybridized carbons (Fsp3) is 0.316. The molecule has 2 nitrogen and oxygen atoms in total. The summed E-state index contributed by atoms with van der Waals surface area (Å²) in [6.45, 7) is 6.36. The molecule has 0 spiro atoms. The number of aryl methyl sites for hydroxylation is 3. The van der Waals surface area contributed by atoms with Gasteiger partial charge in [-0.1, -0.05) is 38.5 Å². The molecule has 0 bridgehead atoms. The predicted molar refractivity (Wildman–Crippen MR) is 88.9 cm³/mol. The molecule has 2 aromatic rings. The van der Waals surface area contributed by atoms with Gasteiger partial charge >= 0.3 is 0 Å². The third-order valence-electron chi connectivity index (χ3n) is 3.71. The molecule has 0 aliphatic rings. The quantitative estimate of drug-likeness (QED) is 0.841. The SMILES string of the molecule is CCCc1cccc(C(=O)Nc2ccc(CC)c(C)c2)c1. The summed E-state index contributed by atoms with van der Waals surface area (Å²) in [4.78, 5) is 12.3. The van der Waals surface area contributed by atoms with Crippen LogP contribution in [0.3, 0.4) is 0 Å².